The number of hydrogen-bond donors (Lipinski definition) is 1. The standard InChI is InChI=1S/C18H12N6O2/c25-24(26)13-7-5-6-12-16(13)18(22-15-9-2-4-11-20-15)23-17(12)21-14-8-1-3-10-19-14/h1-11H,(H,19,20,21,22,23). The van der Waals surface area contributed by atoms with E-state index in [0.717, 1.165) is 0 Å². The Kier molecular flexibility index (Phi) is 3.91. The van der Waals surface area contributed by atoms with Crippen molar-refractivity contribution in [2.24, 2.45) is 9.98 Å². The van der Waals surface area contributed by atoms with Crippen LogP contribution in [0.4, 0.5) is 17.3 Å². The maximum atomic E-state index is 11.5. The van der Waals surface area contributed by atoms with Crippen molar-refractivity contribution in [1.29, 1.82) is 0 Å². The lowest BCUT2D eigenvalue weighted by Crippen LogP contribution is -2.14. The summed E-state index contributed by atoms with van der Waals surface area (Å²) in [5.41, 5.74) is 0.914. The minimum Gasteiger partial charge on any atom is -0.324 e. The van der Waals surface area contributed by atoms with Crippen molar-refractivity contribution in [1.82, 2.24) is 9.97 Å². The molecule has 3 aromatic rings. The first kappa shape index (κ1) is 15.6. The maximum Gasteiger partial charge on any atom is 0.281 e. The Morgan fingerprint density at radius 1 is 0.962 bits per heavy atom. The van der Waals surface area contributed by atoms with Gasteiger partial charge in [0.1, 0.15) is 17.2 Å². The lowest BCUT2D eigenvalue weighted by Gasteiger charge is -2.06. The molecule has 1 aliphatic heterocycles. The molecule has 1 aliphatic rings. The number of fused-ring (bicyclic) bond motifs is 1. The van der Waals surface area contributed by atoms with Crippen LogP contribution in [0, 0.1) is 10.1 Å². The minimum atomic E-state index is -0.432. The summed E-state index contributed by atoms with van der Waals surface area (Å²) >= 11 is 0. The van der Waals surface area contributed by atoms with Crippen molar-refractivity contribution in [3.05, 3.63) is 88.2 Å². The number of anilines is 1. The Hall–Kier alpha value is -3.94. The fourth-order valence-electron chi connectivity index (χ4n) is 2.61. The molecule has 26 heavy (non-hydrogen) atoms. The van der Waals surface area contributed by atoms with Gasteiger partial charge in [-0.25, -0.2) is 20.0 Å². The quantitative estimate of drug-likeness (QED) is 0.579. The predicted molar refractivity (Wildman–Crippen MR) is 97.9 cm³/mol. The fraction of sp³-hybridized carbons (Fsp3) is 0. The predicted octanol–water partition coefficient (Wildman–Crippen LogP) is 3.34. The zero-order valence-electron chi connectivity index (χ0n) is 13.4. The third kappa shape index (κ3) is 2.91. The molecular weight excluding hydrogens is 332 g/mol. The molecule has 126 valence electrons. The van der Waals surface area contributed by atoms with E-state index in [4.69, 9.17) is 0 Å². The average Bonchev–Trinajstić information content (AvgIpc) is 3.01. The van der Waals surface area contributed by atoms with Gasteiger partial charge < -0.3 is 5.32 Å². The molecule has 8 heteroatoms. The summed E-state index contributed by atoms with van der Waals surface area (Å²) in [4.78, 5) is 28.3. The van der Waals surface area contributed by atoms with Gasteiger partial charge in [-0.2, -0.15) is 0 Å². The second kappa shape index (κ2) is 6.52. The summed E-state index contributed by atoms with van der Waals surface area (Å²) < 4.78 is 0. The zero-order chi connectivity index (χ0) is 17.9. The normalized spacial score (nSPS) is 14.0. The molecule has 0 fully saturated rings. The zero-order valence-corrected chi connectivity index (χ0v) is 13.4. The SMILES string of the molecule is O=[N+]([O-])c1cccc2c1C(Nc1ccccn1)=N/C2=N/c1ccccn1. The molecule has 0 unspecified atom stereocenters. The van der Waals surface area contributed by atoms with Crippen molar-refractivity contribution in [3.63, 3.8) is 0 Å². The van der Waals surface area contributed by atoms with E-state index in [1.165, 1.54) is 6.07 Å². The van der Waals surface area contributed by atoms with Crippen molar-refractivity contribution >= 4 is 29.0 Å². The molecule has 0 saturated heterocycles. The second-order valence-corrected chi connectivity index (χ2v) is 5.38. The smallest absolute Gasteiger partial charge is 0.281 e. The van der Waals surface area contributed by atoms with Gasteiger partial charge in [0, 0.05) is 24.0 Å². The van der Waals surface area contributed by atoms with Crippen LogP contribution in [0.3, 0.4) is 0 Å². The highest BCUT2D eigenvalue weighted by Gasteiger charge is 2.30. The molecule has 0 aliphatic carbocycles. The van der Waals surface area contributed by atoms with Gasteiger partial charge in [0.25, 0.3) is 5.69 Å². The molecule has 0 atom stereocenters. The lowest BCUT2D eigenvalue weighted by atomic mass is 10.1. The first-order valence-corrected chi connectivity index (χ1v) is 7.77. The Morgan fingerprint density at radius 2 is 1.77 bits per heavy atom. The van der Waals surface area contributed by atoms with Gasteiger partial charge >= 0.3 is 0 Å². The Morgan fingerprint density at radius 3 is 2.46 bits per heavy atom. The fourth-order valence-corrected chi connectivity index (χ4v) is 2.61. The number of nitrogens with one attached hydrogen (secondary N) is 1. The van der Waals surface area contributed by atoms with E-state index in [9.17, 15) is 10.1 Å². The van der Waals surface area contributed by atoms with E-state index in [2.05, 4.69) is 25.3 Å². The molecule has 1 aromatic carbocycles. The van der Waals surface area contributed by atoms with Gasteiger partial charge in [0.05, 0.1) is 4.92 Å². The number of benzene rings is 1. The monoisotopic (exact) mass is 344 g/mol. The van der Waals surface area contributed by atoms with Crippen LogP contribution < -0.4 is 5.32 Å². The minimum absolute atomic E-state index is 0.0455. The number of hydrogen-bond acceptors (Lipinski definition) is 6. The van der Waals surface area contributed by atoms with Crippen LogP contribution in [0.1, 0.15) is 11.1 Å². The molecule has 8 nitrogen and oxygen atoms in total. The largest absolute Gasteiger partial charge is 0.324 e. The average molecular weight is 344 g/mol. The van der Waals surface area contributed by atoms with Crippen molar-refractivity contribution in [3.8, 4) is 0 Å². The Labute approximate surface area is 148 Å². The van der Waals surface area contributed by atoms with E-state index >= 15 is 0 Å². The van der Waals surface area contributed by atoms with Crippen molar-refractivity contribution in [2.45, 2.75) is 0 Å². The van der Waals surface area contributed by atoms with Gasteiger partial charge in [-0.1, -0.05) is 18.2 Å². The van der Waals surface area contributed by atoms with Crippen LogP contribution in [0.2, 0.25) is 0 Å². The van der Waals surface area contributed by atoms with Gasteiger partial charge in [-0.05, 0) is 30.3 Å². The van der Waals surface area contributed by atoms with E-state index in [-0.39, 0.29) is 5.69 Å². The summed E-state index contributed by atoms with van der Waals surface area (Å²) in [6.07, 6.45) is 3.25. The van der Waals surface area contributed by atoms with Gasteiger partial charge in [-0.15, -0.1) is 0 Å². The second-order valence-electron chi connectivity index (χ2n) is 5.38. The third-order valence-corrected chi connectivity index (χ3v) is 3.72. The molecule has 3 heterocycles. The number of amidine groups is 2. The number of nitrogens with zero attached hydrogens (tertiary/aromatic N) is 5. The topological polar surface area (TPSA) is 106 Å². The van der Waals surface area contributed by atoms with E-state index in [1.54, 1.807) is 48.8 Å². The van der Waals surface area contributed by atoms with E-state index < -0.39 is 4.92 Å². The molecule has 2 aromatic heterocycles. The number of rotatable bonds is 3. The number of nitro benzene ring substituents is 1. The van der Waals surface area contributed by atoms with Crippen LogP contribution >= 0.6 is 0 Å². The van der Waals surface area contributed by atoms with Crippen LogP contribution in [-0.2, 0) is 0 Å². The summed E-state index contributed by atoms with van der Waals surface area (Å²) in [5, 5.41) is 14.5. The van der Waals surface area contributed by atoms with Gasteiger partial charge in [0.2, 0.25) is 0 Å². The van der Waals surface area contributed by atoms with Crippen LogP contribution in [0.5, 0.6) is 0 Å². The highest BCUT2D eigenvalue weighted by atomic mass is 16.6. The molecule has 1 N–H and O–H groups in total. The maximum absolute atomic E-state index is 11.5. The van der Waals surface area contributed by atoms with Crippen LogP contribution in [0.25, 0.3) is 0 Å². The van der Waals surface area contributed by atoms with Gasteiger partial charge in [0.15, 0.2) is 11.7 Å². The number of nitro groups is 1. The highest BCUT2D eigenvalue weighted by Crippen LogP contribution is 2.30. The molecule has 0 spiro atoms. The summed E-state index contributed by atoms with van der Waals surface area (Å²) in [5.74, 6) is 1.71. The molecular formula is C18H12N6O2. The van der Waals surface area contributed by atoms with Crippen molar-refractivity contribution < 1.29 is 4.92 Å². The number of pyridine rings is 2. The molecule has 0 radical (unpaired) electrons. The summed E-state index contributed by atoms with van der Waals surface area (Å²) in [6, 6.07) is 15.5. The van der Waals surface area contributed by atoms with Crippen LogP contribution in [0.15, 0.2) is 77.0 Å². The Balaban J connectivity index is 1.85. The molecule has 0 bridgehead atoms. The summed E-state index contributed by atoms with van der Waals surface area (Å²) in [6.45, 7) is 0. The van der Waals surface area contributed by atoms with Crippen LogP contribution in [-0.4, -0.2) is 26.6 Å². The third-order valence-electron chi connectivity index (χ3n) is 3.72. The lowest BCUT2D eigenvalue weighted by molar-refractivity contribution is -0.385. The van der Waals surface area contributed by atoms with E-state index in [0.29, 0.717) is 34.4 Å². The molecule has 0 amide bonds. The molecule has 0 saturated carbocycles. The highest BCUT2D eigenvalue weighted by molar-refractivity contribution is 6.28. The first-order chi connectivity index (χ1) is 12.7. The number of aliphatic imine (C=N–C) groups is 2. The van der Waals surface area contributed by atoms with Crippen molar-refractivity contribution in [2.75, 3.05) is 5.32 Å². The molecule has 4 rings (SSSR count). The van der Waals surface area contributed by atoms with Gasteiger partial charge in [-0.3, -0.25) is 10.1 Å². The Bertz CT molecular complexity index is 1030. The first-order valence-electron chi connectivity index (χ1n) is 7.77. The summed E-state index contributed by atoms with van der Waals surface area (Å²) in [7, 11) is 0. The number of aromatic nitrogens is 2. The van der Waals surface area contributed by atoms with E-state index in [1.807, 2.05) is 12.1 Å².